The second kappa shape index (κ2) is 12.7. The van der Waals surface area contributed by atoms with Crippen molar-refractivity contribution < 1.29 is 9.53 Å². The van der Waals surface area contributed by atoms with Crippen LogP contribution in [-0.2, 0) is 4.74 Å². The van der Waals surface area contributed by atoms with Gasteiger partial charge in [-0.05, 0) is 98.3 Å². The van der Waals surface area contributed by atoms with E-state index < -0.39 is 0 Å². The van der Waals surface area contributed by atoms with Gasteiger partial charge in [0.05, 0.1) is 0 Å². The number of piperazine rings is 1. The van der Waals surface area contributed by atoms with E-state index in [1.54, 1.807) is 5.57 Å². The Morgan fingerprint density at radius 2 is 1.80 bits per heavy atom. The first-order valence-electron chi connectivity index (χ1n) is 17.1. The van der Waals surface area contributed by atoms with Crippen molar-refractivity contribution >= 4 is 6.09 Å². The number of ether oxygens (including phenoxy) is 1. The highest BCUT2D eigenvalue weighted by Gasteiger charge is 2.59. The van der Waals surface area contributed by atoms with Crippen LogP contribution in [0, 0.1) is 46.3 Å². The number of allylic oxidation sites excluding steroid dienone is 1. The van der Waals surface area contributed by atoms with E-state index in [2.05, 4.69) is 62.9 Å². The first kappa shape index (κ1) is 30.4. The van der Waals surface area contributed by atoms with Crippen LogP contribution in [0.25, 0.3) is 0 Å². The van der Waals surface area contributed by atoms with Gasteiger partial charge in [-0.1, -0.05) is 65.5 Å². The van der Waals surface area contributed by atoms with Gasteiger partial charge in [0.15, 0.2) is 0 Å². The summed E-state index contributed by atoms with van der Waals surface area (Å²) in [5.41, 5.74) is 2.46. The van der Waals surface area contributed by atoms with Crippen LogP contribution in [-0.4, -0.2) is 68.3 Å². The quantitative estimate of drug-likeness (QED) is 0.302. The molecule has 0 aromatic rings. The van der Waals surface area contributed by atoms with Crippen LogP contribution in [0.3, 0.4) is 0 Å². The Morgan fingerprint density at radius 1 is 1.02 bits per heavy atom. The van der Waals surface area contributed by atoms with Crippen LogP contribution < -0.4 is 5.32 Å². The van der Waals surface area contributed by atoms with Gasteiger partial charge in [0.1, 0.15) is 6.10 Å². The monoisotopic (exact) mass is 555 g/mol. The summed E-state index contributed by atoms with van der Waals surface area (Å²) in [4.78, 5) is 17.4. The van der Waals surface area contributed by atoms with Crippen LogP contribution in [0.5, 0.6) is 0 Å². The summed E-state index contributed by atoms with van der Waals surface area (Å²) < 4.78 is 5.98. The Kier molecular flexibility index (Phi) is 9.62. The van der Waals surface area contributed by atoms with Crippen LogP contribution in [0.2, 0.25) is 0 Å². The van der Waals surface area contributed by atoms with Gasteiger partial charge in [0.2, 0.25) is 0 Å². The van der Waals surface area contributed by atoms with Gasteiger partial charge in [-0.15, -0.1) is 0 Å². The molecule has 1 heterocycles. The van der Waals surface area contributed by atoms with Crippen molar-refractivity contribution in [3.8, 4) is 0 Å². The lowest BCUT2D eigenvalue weighted by Crippen LogP contribution is -2.51. The average Bonchev–Trinajstić information content (AvgIpc) is 3.27. The van der Waals surface area contributed by atoms with Gasteiger partial charge < -0.3 is 15.0 Å². The zero-order chi connectivity index (χ0) is 28.5. The Bertz CT molecular complexity index is 895. The lowest BCUT2D eigenvalue weighted by molar-refractivity contribution is -0.0581. The molecule has 0 radical (unpaired) electrons. The molecule has 5 nitrogen and oxygen atoms in total. The molecule has 0 bridgehead atoms. The number of likely N-dealkylation sites (N-methyl/N-ethyl adjacent to an activating group) is 1. The number of hydrogen-bond acceptors (Lipinski definition) is 4. The number of alkyl carbamates (subject to hydrolysis) is 1. The average molecular weight is 556 g/mol. The van der Waals surface area contributed by atoms with Crippen molar-refractivity contribution in [1.29, 1.82) is 0 Å². The van der Waals surface area contributed by atoms with E-state index in [1.165, 1.54) is 57.8 Å². The topological polar surface area (TPSA) is 44.8 Å². The Balaban J connectivity index is 1.13. The lowest BCUT2D eigenvalue weighted by atomic mass is 9.47. The summed E-state index contributed by atoms with van der Waals surface area (Å²) in [5, 5.41) is 3.04. The zero-order valence-corrected chi connectivity index (χ0v) is 26.9. The van der Waals surface area contributed by atoms with Crippen molar-refractivity contribution in [2.45, 2.75) is 111 Å². The van der Waals surface area contributed by atoms with Gasteiger partial charge in [-0.3, -0.25) is 4.90 Å². The molecule has 3 unspecified atom stereocenters. The number of hydrogen-bond donors (Lipinski definition) is 1. The molecule has 3 saturated carbocycles. The molecular formula is C35H61N3O2. The molecule has 4 fully saturated rings. The largest absolute Gasteiger partial charge is 0.446 e. The van der Waals surface area contributed by atoms with Gasteiger partial charge >= 0.3 is 6.09 Å². The van der Waals surface area contributed by atoms with E-state index in [0.717, 1.165) is 81.1 Å². The predicted octanol–water partition coefficient (Wildman–Crippen LogP) is 7.37. The van der Waals surface area contributed by atoms with Crippen molar-refractivity contribution in [3.05, 3.63) is 11.6 Å². The summed E-state index contributed by atoms with van der Waals surface area (Å²) >= 11 is 0. The molecule has 1 N–H and O–H groups in total. The first-order valence-corrected chi connectivity index (χ1v) is 17.1. The molecule has 40 heavy (non-hydrogen) atoms. The van der Waals surface area contributed by atoms with Crippen molar-refractivity contribution in [1.82, 2.24) is 15.1 Å². The molecule has 8 atom stereocenters. The Hall–Kier alpha value is -1.07. The minimum atomic E-state index is -0.218. The van der Waals surface area contributed by atoms with Crippen molar-refractivity contribution in [2.75, 3.05) is 46.3 Å². The molecule has 228 valence electrons. The fourth-order valence-corrected chi connectivity index (χ4v) is 10.3. The highest BCUT2D eigenvalue weighted by atomic mass is 16.6. The number of rotatable bonds is 9. The zero-order valence-electron chi connectivity index (χ0n) is 26.9. The van der Waals surface area contributed by atoms with Crippen LogP contribution in [0.1, 0.15) is 105 Å². The molecule has 0 aromatic heterocycles. The Labute approximate surface area is 246 Å². The molecule has 5 aliphatic rings. The van der Waals surface area contributed by atoms with Crippen molar-refractivity contribution in [2.24, 2.45) is 46.3 Å². The molecule has 5 heteroatoms. The fourth-order valence-electron chi connectivity index (χ4n) is 10.3. The maximum Gasteiger partial charge on any atom is 0.407 e. The summed E-state index contributed by atoms with van der Waals surface area (Å²) in [7, 11) is 2.18. The van der Waals surface area contributed by atoms with E-state index >= 15 is 0 Å². The summed E-state index contributed by atoms with van der Waals surface area (Å²) in [6.45, 7) is 18.6. The number of amides is 1. The number of fused-ring (bicyclic) bond motifs is 5. The summed E-state index contributed by atoms with van der Waals surface area (Å²) in [5.74, 6) is 5.20. The molecule has 4 aliphatic carbocycles. The van der Waals surface area contributed by atoms with Gasteiger partial charge in [-0.25, -0.2) is 4.79 Å². The Morgan fingerprint density at radius 3 is 2.55 bits per heavy atom. The number of carbonyl (C=O) groups is 1. The van der Waals surface area contributed by atoms with Crippen LogP contribution in [0.15, 0.2) is 11.6 Å². The summed E-state index contributed by atoms with van der Waals surface area (Å²) in [6.07, 6.45) is 16.8. The number of nitrogens with one attached hydrogen (secondary N) is 1. The molecule has 5 rings (SSSR count). The van der Waals surface area contributed by atoms with Crippen LogP contribution >= 0.6 is 0 Å². The second-order valence-corrected chi connectivity index (χ2v) is 15.6. The predicted molar refractivity (Wildman–Crippen MR) is 165 cm³/mol. The van der Waals surface area contributed by atoms with E-state index in [9.17, 15) is 4.79 Å². The van der Waals surface area contributed by atoms with E-state index in [0.29, 0.717) is 17.4 Å². The highest BCUT2D eigenvalue weighted by molar-refractivity contribution is 5.67. The molecule has 0 spiro atoms. The number of carbonyl (C=O) groups excluding carboxylic acids is 1. The SMILES string of the molecule is CC(C)CCC[C@@H](C)C1CC[C@H]2C3CC=C4C[C@@H](OC(=O)NCCN5CCN(C)CC5)CC[C@]4(C)[C@H]3CCC12C. The van der Waals surface area contributed by atoms with E-state index in [-0.39, 0.29) is 12.2 Å². The van der Waals surface area contributed by atoms with Crippen LogP contribution in [0.4, 0.5) is 4.79 Å². The summed E-state index contributed by atoms with van der Waals surface area (Å²) in [6, 6.07) is 0. The maximum absolute atomic E-state index is 12.6. The molecule has 1 saturated heterocycles. The third kappa shape index (κ3) is 6.31. The molecule has 1 amide bonds. The van der Waals surface area contributed by atoms with Crippen molar-refractivity contribution in [3.63, 3.8) is 0 Å². The normalized spacial score (nSPS) is 39.2. The molecule has 1 aliphatic heterocycles. The lowest BCUT2D eigenvalue weighted by Gasteiger charge is -2.58. The third-order valence-electron chi connectivity index (χ3n) is 12.8. The standard InChI is InChI=1S/C35H61N3O2/c1-25(2)8-7-9-26(3)30-12-13-31-29-11-10-27-24-28(14-16-34(27,4)32(29)15-17-35(30,31)5)40-33(39)36-18-19-38-22-20-37(6)21-23-38/h10,25-26,28-32H,7-9,11-24H2,1-6H3,(H,36,39)/t26-,28+,29?,30?,31+,32+,34+,35?/m1/s1. The van der Waals surface area contributed by atoms with Gasteiger partial charge in [0.25, 0.3) is 0 Å². The molecule has 0 aromatic carbocycles. The van der Waals surface area contributed by atoms with Gasteiger partial charge in [-0.2, -0.15) is 0 Å². The number of nitrogens with zero attached hydrogens (tertiary/aromatic N) is 2. The fraction of sp³-hybridized carbons (Fsp3) is 0.914. The first-order chi connectivity index (χ1) is 19.1. The van der Waals surface area contributed by atoms with E-state index in [4.69, 9.17) is 4.74 Å². The minimum absolute atomic E-state index is 0.0379. The molecular weight excluding hydrogens is 494 g/mol. The third-order valence-corrected chi connectivity index (χ3v) is 12.8. The second-order valence-electron chi connectivity index (χ2n) is 15.6. The minimum Gasteiger partial charge on any atom is -0.446 e. The van der Waals surface area contributed by atoms with Gasteiger partial charge in [0, 0.05) is 45.7 Å². The van der Waals surface area contributed by atoms with E-state index in [1.807, 2.05) is 0 Å². The smallest absolute Gasteiger partial charge is 0.407 e. The highest BCUT2D eigenvalue weighted by Crippen LogP contribution is 2.67. The maximum atomic E-state index is 12.6.